The molecule has 0 aliphatic carbocycles. The van der Waals surface area contributed by atoms with Gasteiger partial charge in [-0.25, -0.2) is 0 Å². The molecule has 2 heteroatoms. The SMILES string of the molecule is CCC(=O)CCc1ccc2ccccc2n1. The van der Waals surface area contributed by atoms with Crippen molar-refractivity contribution in [1.82, 2.24) is 4.98 Å². The van der Waals surface area contributed by atoms with Crippen LogP contribution in [0.1, 0.15) is 25.5 Å². The van der Waals surface area contributed by atoms with E-state index in [0.29, 0.717) is 18.6 Å². The maximum atomic E-state index is 11.2. The predicted molar refractivity (Wildman–Crippen MR) is 65.4 cm³/mol. The number of aromatic nitrogens is 1. The fourth-order valence-electron chi connectivity index (χ4n) is 1.69. The molecule has 0 bridgehead atoms. The van der Waals surface area contributed by atoms with E-state index in [-0.39, 0.29) is 0 Å². The van der Waals surface area contributed by atoms with Gasteiger partial charge in [0.1, 0.15) is 5.78 Å². The first-order valence-electron chi connectivity index (χ1n) is 5.66. The number of nitrogens with zero attached hydrogens (tertiary/aromatic N) is 1. The highest BCUT2D eigenvalue weighted by atomic mass is 16.1. The third kappa shape index (κ3) is 2.45. The van der Waals surface area contributed by atoms with E-state index in [1.165, 1.54) is 0 Å². The van der Waals surface area contributed by atoms with E-state index in [2.05, 4.69) is 11.1 Å². The van der Waals surface area contributed by atoms with Gasteiger partial charge in [0.05, 0.1) is 5.52 Å². The number of para-hydroxylation sites is 1. The van der Waals surface area contributed by atoms with E-state index in [0.717, 1.165) is 23.0 Å². The van der Waals surface area contributed by atoms with Crippen LogP contribution in [0.15, 0.2) is 36.4 Å². The molecule has 1 aromatic heterocycles. The number of pyridine rings is 1. The molecular formula is C14H15NO. The Labute approximate surface area is 95.3 Å². The Morgan fingerprint density at radius 2 is 2.00 bits per heavy atom. The minimum atomic E-state index is 0.301. The second-order valence-corrected chi connectivity index (χ2v) is 3.89. The number of Topliss-reactive ketones (excluding diaryl/α,β-unsaturated/α-hetero) is 1. The van der Waals surface area contributed by atoms with Gasteiger partial charge in [-0.05, 0) is 18.6 Å². The third-order valence-electron chi connectivity index (χ3n) is 2.71. The first kappa shape index (κ1) is 10.8. The Hall–Kier alpha value is -1.70. The summed E-state index contributed by atoms with van der Waals surface area (Å²) in [5.41, 5.74) is 2.00. The number of aryl methyl sites for hydroxylation is 1. The molecular weight excluding hydrogens is 198 g/mol. The first-order chi connectivity index (χ1) is 7.79. The van der Waals surface area contributed by atoms with Gasteiger partial charge in [-0.3, -0.25) is 9.78 Å². The highest BCUT2D eigenvalue weighted by molar-refractivity contribution is 5.79. The zero-order valence-corrected chi connectivity index (χ0v) is 9.44. The van der Waals surface area contributed by atoms with Gasteiger partial charge in [-0.2, -0.15) is 0 Å². The van der Waals surface area contributed by atoms with Gasteiger partial charge in [0.15, 0.2) is 0 Å². The summed E-state index contributed by atoms with van der Waals surface area (Å²) in [6.45, 7) is 1.90. The van der Waals surface area contributed by atoms with E-state index in [9.17, 15) is 4.79 Å². The van der Waals surface area contributed by atoms with Crippen LogP contribution in [-0.2, 0) is 11.2 Å². The van der Waals surface area contributed by atoms with Crippen molar-refractivity contribution in [2.75, 3.05) is 0 Å². The topological polar surface area (TPSA) is 30.0 Å². The standard InChI is InChI=1S/C14H15NO/c1-2-13(16)10-9-12-8-7-11-5-3-4-6-14(11)15-12/h3-8H,2,9-10H2,1H3. The van der Waals surface area contributed by atoms with E-state index < -0.39 is 0 Å². The lowest BCUT2D eigenvalue weighted by atomic mass is 10.1. The number of fused-ring (bicyclic) bond motifs is 1. The molecule has 0 aliphatic heterocycles. The average Bonchev–Trinajstić information content (AvgIpc) is 2.35. The van der Waals surface area contributed by atoms with Gasteiger partial charge >= 0.3 is 0 Å². The Balaban J connectivity index is 2.16. The minimum absolute atomic E-state index is 0.301. The highest BCUT2D eigenvalue weighted by Crippen LogP contribution is 2.12. The molecule has 0 aliphatic rings. The van der Waals surface area contributed by atoms with Crippen LogP contribution >= 0.6 is 0 Å². The van der Waals surface area contributed by atoms with Crippen LogP contribution in [-0.4, -0.2) is 10.8 Å². The van der Waals surface area contributed by atoms with Gasteiger partial charge < -0.3 is 0 Å². The lowest BCUT2D eigenvalue weighted by molar-refractivity contribution is -0.118. The molecule has 0 saturated carbocycles. The van der Waals surface area contributed by atoms with Crippen LogP contribution in [0.25, 0.3) is 10.9 Å². The monoisotopic (exact) mass is 213 g/mol. The van der Waals surface area contributed by atoms with Crippen LogP contribution in [0.3, 0.4) is 0 Å². The smallest absolute Gasteiger partial charge is 0.133 e. The van der Waals surface area contributed by atoms with Crippen molar-refractivity contribution in [2.24, 2.45) is 0 Å². The number of rotatable bonds is 4. The van der Waals surface area contributed by atoms with E-state index in [1.54, 1.807) is 0 Å². The lowest BCUT2D eigenvalue weighted by Gasteiger charge is -2.01. The number of carbonyl (C=O) groups is 1. The van der Waals surface area contributed by atoms with E-state index >= 15 is 0 Å². The van der Waals surface area contributed by atoms with Gasteiger partial charge in [-0.15, -0.1) is 0 Å². The second-order valence-electron chi connectivity index (χ2n) is 3.89. The number of ketones is 1. The molecule has 0 unspecified atom stereocenters. The summed E-state index contributed by atoms with van der Waals surface area (Å²) in [4.78, 5) is 15.8. The van der Waals surface area contributed by atoms with Crippen molar-refractivity contribution in [3.63, 3.8) is 0 Å². The van der Waals surface area contributed by atoms with E-state index in [1.807, 2.05) is 37.3 Å². The summed E-state index contributed by atoms with van der Waals surface area (Å²) < 4.78 is 0. The normalized spacial score (nSPS) is 10.6. The predicted octanol–water partition coefficient (Wildman–Crippen LogP) is 3.15. The molecule has 0 atom stereocenters. The molecule has 16 heavy (non-hydrogen) atoms. The molecule has 0 radical (unpaired) electrons. The molecule has 2 rings (SSSR count). The molecule has 0 spiro atoms. The van der Waals surface area contributed by atoms with Crippen LogP contribution in [0.5, 0.6) is 0 Å². The molecule has 82 valence electrons. The zero-order chi connectivity index (χ0) is 11.4. The quantitative estimate of drug-likeness (QED) is 0.781. The van der Waals surface area contributed by atoms with Crippen LogP contribution in [0.2, 0.25) is 0 Å². The number of benzene rings is 1. The van der Waals surface area contributed by atoms with Crippen molar-refractivity contribution < 1.29 is 4.79 Å². The summed E-state index contributed by atoms with van der Waals surface area (Å²) in [7, 11) is 0. The lowest BCUT2D eigenvalue weighted by Crippen LogP contribution is -1.99. The van der Waals surface area contributed by atoms with E-state index in [4.69, 9.17) is 0 Å². The average molecular weight is 213 g/mol. The molecule has 1 aromatic carbocycles. The van der Waals surface area contributed by atoms with Gasteiger partial charge in [0, 0.05) is 23.9 Å². The van der Waals surface area contributed by atoms with Crippen molar-refractivity contribution >= 4 is 16.7 Å². The van der Waals surface area contributed by atoms with Gasteiger partial charge in [-0.1, -0.05) is 31.2 Å². The van der Waals surface area contributed by atoms with Crippen molar-refractivity contribution in [2.45, 2.75) is 26.2 Å². The minimum Gasteiger partial charge on any atom is -0.300 e. The maximum absolute atomic E-state index is 11.2. The van der Waals surface area contributed by atoms with Crippen LogP contribution in [0.4, 0.5) is 0 Å². The molecule has 0 fully saturated rings. The maximum Gasteiger partial charge on any atom is 0.133 e. The molecule has 0 N–H and O–H groups in total. The first-order valence-corrected chi connectivity index (χ1v) is 5.66. The zero-order valence-electron chi connectivity index (χ0n) is 9.44. The van der Waals surface area contributed by atoms with Gasteiger partial charge in [0.25, 0.3) is 0 Å². The third-order valence-corrected chi connectivity index (χ3v) is 2.71. The molecule has 1 heterocycles. The summed E-state index contributed by atoms with van der Waals surface area (Å²) in [6.07, 6.45) is 1.97. The second kappa shape index (κ2) is 4.88. The fourth-order valence-corrected chi connectivity index (χ4v) is 1.69. The van der Waals surface area contributed by atoms with Crippen molar-refractivity contribution in [3.05, 3.63) is 42.1 Å². The van der Waals surface area contributed by atoms with Crippen LogP contribution < -0.4 is 0 Å². The number of carbonyl (C=O) groups excluding carboxylic acids is 1. The Bertz CT molecular complexity index is 505. The van der Waals surface area contributed by atoms with Gasteiger partial charge in [0.2, 0.25) is 0 Å². The molecule has 0 saturated heterocycles. The Morgan fingerprint density at radius 3 is 2.81 bits per heavy atom. The Kier molecular flexibility index (Phi) is 3.30. The molecule has 2 aromatic rings. The highest BCUT2D eigenvalue weighted by Gasteiger charge is 2.01. The summed E-state index contributed by atoms with van der Waals surface area (Å²) >= 11 is 0. The largest absolute Gasteiger partial charge is 0.300 e. The van der Waals surface area contributed by atoms with Crippen LogP contribution in [0, 0.1) is 0 Å². The number of hydrogen-bond donors (Lipinski definition) is 0. The number of hydrogen-bond acceptors (Lipinski definition) is 2. The fraction of sp³-hybridized carbons (Fsp3) is 0.286. The summed E-state index contributed by atoms with van der Waals surface area (Å²) in [6, 6.07) is 12.1. The Morgan fingerprint density at radius 1 is 1.19 bits per heavy atom. The molecule has 0 amide bonds. The molecule has 2 nitrogen and oxygen atoms in total. The van der Waals surface area contributed by atoms with Crippen molar-refractivity contribution in [1.29, 1.82) is 0 Å². The summed E-state index contributed by atoms with van der Waals surface area (Å²) in [5, 5.41) is 1.15. The van der Waals surface area contributed by atoms with Crippen molar-refractivity contribution in [3.8, 4) is 0 Å². The summed E-state index contributed by atoms with van der Waals surface area (Å²) in [5.74, 6) is 0.301.